The van der Waals surface area contributed by atoms with Gasteiger partial charge in [0.15, 0.2) is 16.6 Å². The predicted octanol–water partition coefficient (Wildman–Crippen LogP) is 2.38. The van der Waals surface area contributed by atoms with Crippen LogP contribution in [0.15, 0.2) is 58.9 Å². The minimum atomic E-state index is -3.76. The van der Waals surface area contributed by atoms with E-state index in [4.69, 9.17) is 9.47 Å². The van der Waals surface area contributed by atoms with E-state index >= 15 is 0 Å². The van der Waals surface area contributed by atoms with Crippen LogP contribution in [0.25, 0.3) is 0 Å². The van der Waals surface area contributed by atoms with Gasteiger partial charge in [-0.3, -0.25) is 14.3 Å². The highest BCUT2D eigenvalue weighted by atomic mass is 32.2. The summed E-state index contributed by atoms with van der Waals surface area (Å²) in [5, 5.41) is 4.70. The molecule has 2 amide bonds. The summed E-state index contributed by atoms with van der Waals surface area (Å²) in [6, 6.07) is 10.8. The summed E-state index contributed by atoms with van der Waals surface area (Å²) in [6.45, 7) is 0.723. The molecule has 1 saturated heterocycles. The number of nitrogens with one attached hydrogen (secondary N) is 2. The second-order valence-corrected chi connectivity index (χ2v) is 10.0. The number of ether oxygens (including phenoxy) is 2. The first-order chi connectivity index (χ1) is 15.9. The highest BCUT2D eigenvalue weighted by Crippen LogP contribution is 2.33. The summed E-state index contributed by atoms with van der Waals surface area (Å²) in [7, 11) is -3.76. The summed E-state index contributed by atoms with van der Waals surface area (Å²) in [6.07, 6.45) is 1.51. The van der Waals surface area contributed by atoms with Gasteiger partial charge in [-0.1, -0.05) is 0 Å². The van der Waals surface area contributed by atoms with E-state index < -0.39 is 10.0 Å². The van der Waals surface area contributed by atoms with Crippen LogP contribution in [-0.4, -0.2) is 50.0 Å². The molecule has 3 heterocycles. The molecule has 10 nitrogen and oxygen atoms in total. The van der Waals surface area contributed by atoms with Gasteiger partial charge in [-0.05, 0) is 42.5 Å². The zero-order valence-corrected chi connectivity index (χ0v) is 18.7. The molecule has 3 aromatic rings. The highest BCUT2D eigenvalue weighted by Gasteiger charge is 2.36. The molecule has 0 radical (unpaired) electrons. The van der Waals surface area contributed by atoms with Gasteiger partial charge in [0.1, 0.15) is 0 Å². The topological polar surface area (TPSA) is 127 Å². The van der Waals surface area contributed by atoms with E-state index in [-0.39, 0.29) is 34.6 Å². The highest BCUT2D eigenvalue weighted by molar-refractivity contribution is 7.93. The number of thiazole rings is 1. The van der Waals surface area contributed by atoms with Crippen LogP contribution in [0, 0.1) is 5.92 Å². The Balaban J connectivity index is 1.15. The average molecular weight is 487 g/mol. The Morgan fingerprint density at radius 1 is 1.06 bits per heavy atom. The van der Waals surface area contributed by atoms with E-state index in [0.717, 1.165) is 0 Å². The fourth-order valence-electron chi connectivity index (χ4n) is 3.43. The molecular formula is C21H18N4O6S2. The number of fused-ring (bicyclic) bond motifs is 1. The number of rotatable bonds is 6. The van der Waals surface area contributed by atoms with Crippen molar-refractivity contribution in [3.8, 4) is 11.5 Å². The Hall–Kier alpha value is -3.64. The molecule has 5 rings (SSSR count). The molecule has 0 aliphatic carbocycles. The Morgan fingerprint density at radius 2 is 1.82 bits per heavy atom. The van der Waals surface area contributed by atoms with Crippen molar-refractivity contribution in [2.45, 2.75) is 4.90 Å². The number of amides is 2. The molecular weight excluding hydrogens is 468 g/mol. The summed E-state index contributed by atoms with van der Waals surface area (Å²) in [5.74, 6) is 0.368. The number of sulfonamides is 1. The van der Waals surface area contributed by atoms with Crippen molar-refractivity contribution >= 4 is 44.0 Å². The van der Waals surface area contributed by atoms with Crippen LogP contribution >= 0.6 is 11.3 Å². The van der Waals surface area contributed by atoms with Gasteiger partial charge in [0, 0.05) is 35.9 Å². The minimum Gasteiger partial charge on any atom is -0.454 e. The van der Waals surface area contributed by atoms with E-state index in [1.807, 2.05) is 0 Å². The smallest absolute Gasteiger partial charge is 0.263 e. The number of anilines is 2. The first-order valence-corrected chi connectivity index (χ1v) is 12.3. The molecule has 2 N–H and O–H groups in total. The van der Waals surface area contributed by atoms with Crippen molar-refractivity contribution in [1.29, 1.82) is 0 Å². The zero-order valence-electron chi connectivity index (χ0n) is 17.1. The standard InChI is InChI=1S/C21H18N4O6S2/c26-19(14-10-25(11-14)20(27)13-1-6-17-18(9-13)31-12-30-17)23-15-2-4-16(5-3-15)33(28,29)24-21-22-7-8-32-21/h1-9,14H,10-12H2,(H,22,24)(H,23,26). The van der Waals surface area contributed by atoms with Gasteiger partial charge in [0.2, 0.25) is 12.7 Å². The first-order valence-electron chi connectivity index (χ1n) is 9.91. The third kappa shape index (κ3) is 4.34. The van der Waals surface area contributed by atoms with Crippen LogP contribution in [-0.2, 0) is 14.8 Å². The third-order valence-corrected chi connectivity index (χ3v) is 7.42. The van der Waals surface area contributed by atoms with Crippen molar-refractivity contribution in [2.24, 2.45) is 5.92 Å². The second-order valence-electron chi connectivity index (χ2n) is 7.43. The van der Waals surface area contributed by atoms with Gasteiger partial charge < -0.3 is 19.7 Å². The maximum absolute atomic E-state index is 12.6. The summed E-state index contributed by atoms with van der Waals surface area (Å²) in [4.78, 5) is 30.7. The van der Waals surface area contributed by atoms with Gasteiger partial charge in [-0.15, -0.1) is 11.3 Å². The van der Waals surface area contributed by atoms with E-state index in [1.54, 1.807) is 28.5 Å². The molecule has 1 fully saturated rings. The average Bonchev–Trinajstić information content (AvgIpc) is 3.43. The fraction of sp³-hybridized carbons (Fsp3) is 0.190. The molecule has 170 valence electrons. The number of carbonyl (C=O) groups excluding carboxylic acids is 2. The largest absolute Gasteiger partial charge is 0.454 e. The number of aromatic nitrogens is 1. The van der Waals surface area contributed by atoms with Crippen molar-refractivity contribution in [1.82, 2.24) is 9.88 Å². The molecule has 0 spiro atoms. The lowest BCUT2D eigenvalue weighted by atomic mass is 9.97. The van der Waals surface area contributed by atoms with Crippen molar-refractivity contribution in [3.05, 3.63) is 59.6 Å². The Morgan fingerprint density at radius 3 is 2.55 bits per heavy atom. The summed E-state index contributed by atoms with van der Waals surface area (Å²) in [5.41, 5.74) is 0.940. The van der Waals surface area contributed by atoms with Crippen LogP contribution in [0.5, 0.6) is 11.5 Å². The van der Waals surface area contributed by atoms with Crippen LogP contribution in [0.4, 0.5) is 10.8 Å². The van der Waals surface area contributed by atoms with E-state index in [1.165, 1.54) is 41.8 Å². The van der Waals surface area contributed by atoms with Crippen molar-refractivity contribution in [2.75, 3.05) is 29.9 Å². The van der Waals surface area contributed by atoms with Crippen molar-refractivity contribution in [3.63, 3.8) is 0 Å². The molecule has 0 atom stereocenters. The molecule has 2 aromatic carbocycles. The molecule has 0 bridgehead atoms. The molecule has 1 aromatic heterocycles. The summed E-state index contributed by atoms with van der Waals surface area (Å²) < 4.78 is 37.7. The number of likely N-dealkylation sites (tertiary alicyclic amines) is 1. The van der Waals surface area contributed by atoms with E-state index in [9.17, 15) is 18.0 Å². The predicted molar refractivity (Wildman–Crippen MR) is 120 cm³/mol. The van der Waals surface area contributed by atoms with E-state index in [2.05, 4.69) is 15.0 Å². The number of hydrogen-bond acceptors (Lipinski definition) is 8. The lowest BCUT2D eigenvalue weighted by Crippen LogP contribution is -2.54. The van der Waals surface area contributed by atoms with Crippen molar-refractivity contribution < 1.29 is 27.5 Å². The van der Waals surface area contributed by atoms with Crippen LogP contribution in [0.1, 0.15) is 10.4 Å². The third-order valence-electron chi connectivity index (χ3n) is 5.25. The normalized spacial score (nSPS) is 15.1. The monoisotopic (exact) mass is 486 g/mol. The maximum atomic E-state index is 12.6. The Labute approximate surface area is 193 Å². The maximum Gasteiger partial charge on any atom is 0.263 e. The van der Waals surface area contributed by atoms with Crippen LogP contribution < -0.4 is 19.5 Å². The van der Waals surface area contributed by atoms with Crippen LogP contribution in [0.3, 0.4) is 0 Å². The zero-order chi connectivity index (χ0) is 23.0. The minimum absolute atomic E-state index is 0.0554. The summed E-state index contributed by atoms with van der Waals surface area (Å²) >= 11 is 1.18. The Bertz CT molecular complexity index is 1300. The molecule has 0 unspecified atom stereocenters. The number of benzene rings is 2. The molecule has 2 aliphatic rings. The lowest BCUT2D eigenvalue weighted by molar-refractivity contribution is -0.123. The van der Waals surface area contributed by atoms with Gasteiger partial charge in [-0.25, -0.2) is 13.4 Å². The number of nitrogens with zero attached hydrogens (tertiary/aromatic N) is 2. The molecule has 0 saturated carbocycles. The molecule has 33 heavy (non-hydrogen) atoms. The molecule has 12 heteroatoms. The van der Waals surface area contributed by atoms with Gasteiger partial charge in [-0.2, -0.15) is 0 Å². The van der Waals surface area contributed by atoms with Gasteiger partial charge in [0.05, 0.1) is 10.8 Å². The molecule has 2 aliphatic heterocycles. The quantitative estimate of drug-likeness (QED) is 0.548. The van der Waals surface area contributed by atoms with E-state index in [0.29, 0.717) is 35.8 Å². The lowest BCUT2D eigenvalue weighted by Gasteiger charge is -2.38. The number of hydrogen-bond donors (Lipinski definition) is 2. The first kappa shape index (κ1) is 21.2. The van der Waals surface area contributed by atoms with Gasteiger partial charge in [0.25, 0.3) is 15.9 Å². The van der Waals surface area contributed by atoms with Gasteiger partial charge >= 0.3 is 0 Å². The Kier molecular flexibility index (Phi) is 5.38. The van der Waals surface area contributed by atoms with Crippen LogP contribution in [0.2, 0.25) is 0 Å². The second kappa shape index (κ2) is 8.37. The SMILES string of the molecule is O=C(Nc1ccc(S(=O)(=O)Nc2nccs2)cc1)C1CN(C(=O)c2ccc3c(c2)OCO3)C1. The fourth-order valence-corrected chi connectivity index (χ4v) is 5.22. The number of carbonyl (C=O) groups is 2.